The maximum Gasteiger partial charge on any atom is 0.193 e. The van der Waals surface area contributed by atoms with E-state index in [1.54, 1.807) is 23.0 Å². The second-order valence-corrected chi connectivity index (χ2v) is 4.97. The van der Waals surface area contributed by atoms with E-state index in [0.29, 0.717) is 10.7 Å². The Morgan fingerprint density at radius 3 is 2.71 bits per heavy atom. The van der Waals surface area contributed by atoms with Gasteiger partial charge in [-0.05, 0) is 13.8 Å². The van der Waals surface area contributed by atoms with Crippen molar-refractivity contribution < 1.29 is 9.63 Å². The van der Waals surface area contributed by atoms with Gasteiger partial charge in [-0.15, -0.1) is 0 Å². The van der Waals surface area contributed by atoms with E-state index in [0.717, 1.165) is 11.8 Å². The Balaban J connectivity index is 2.19. The zero-order valence-electron chi connectivity index (χ0n) is 11.8. The number of nitrogens with zero attached hydrogens (tertiary/aromatic N) is 3. The molecule has 0 aliphatic rings. The zero-order valence-corrected chi connectivity index (χ0v) is 12.6. The van der Waals surface area contributed by atoms with Crippen LogP contribution < -0.4 is 4.84 Å². The van der Waals surface area contributed by atoms with E-state index >= 15 is 0 Å². The van der Waals surface area contributed by atoms with Crippen LogP contribution in [-0.2, 0) is 4.79 Å². The minimum Gasteiger partial charge on any atom is -0.370 e. The highest BCUT2D eigenvalue weighted by molar-refractivity contribution is 7.80. The topological polar surface area (TPSA) is 47.4 Å². The summed E-state index contributed by atoms with van der Waals surface area (Å²) in [5.41, 5.74) is 0.773. The van der Waals surface area contributed by atoms with E-state index in [1.807, 2.05) is 44.2 Å². The van der Waals surface area contributed by atoms with Gasteiger partial charge in [0.05, 0.1) is 12.4 Å². The molecule has 0 radical (unpaired) electrons. The van der Waals surface area contributed by atoms with E-state index in [1.165, 1.54) is 5.06 Å². The van der Waals surface area contributed by atoms with Crippen LogP contribution in [0.3, 0.4) is 0 Å². The molecule has 1 aromatic heterocycles. The first-order valence-corrected chi connectivity index (χ1v) is 6.84. The van der Waals surface area contributed by atoms with Gasteiger partial charge in [0, 0.05) is 11.6 Å². The van der Waals surface area contributed by atoms with Gasteiger partial charge >= 0.3 is 0 Å². The lowest BCUT2D eigenvalue weighted by Gasteiger charge is -2.18. The highest BCUT2D eigenvalue weighted by atomic mass is 32.1. The van der Waals surface area contributed by atoms with Crippen LogP contribution in [0.1, 0.15) is 25.5 Å². The Morgan fingerprint density at radius 2 is 2.14 bits per heavy atom. The molecule has 0 bridgehead atoms. The average Bonchev–Trinajstić information content (AvgIpc) is 2.96. The standard InChI is InChI=1S/C15H15N3O2S/c1-12(2)17-11-14(10-16-17)20-18(8-9-19)15(21)13-6-4-3-5-7-13/h3-8,10-12H,1-2H3. The van der Waals surface area contributed by atoms with E-state index in [4.69, 9.17) is 17.1 Å². The summed E-state index contributed by atoms with van der Waals surface area (Å²) in [7, 11) is 0. The second kappa shape index (κ2) is 6.83. The Bertz CT molecular complexity index is 661. The van der Waals surface area contributed by atoms with Crippen molar-refractivity contribution in [3.63, 3.8) is 0 Å². The third-order valence-corrected chi connectivity index (χ3v) is 3.12. The van der Waals surface area contributed by atoms with Gasteiger partial charge in [0.15, 0.2) is 10.7 Å². The van der Waals surface area contributed by atoms with Crippen molar-refractivity contribution in [3.05, 3.63) is 54.5 Å². The molecular formula is C15H15N3O2S. The molecule has 1 aromatic carbocycles. The largest absolute Gasteiger partial charge is 0.370 e. The predicted octanol–water partition coefficient (Wildman–Crippen LogP) is 2.78. The lowest BCUT2D eigenvalue weighted by molar-refractivity contribution is 0.0768. The zero-order chi connectivity index (χ0) is 15.2. The molecule has 0 atom stereocenters. The van der Waals surface area contributed by atoms with Crippen LogP contribution in [0.15, 0.2) is 48.9 Å². The van der Waals surface area contributed by atoms with Crippen molar-refractivity contribution in [2.24, 2.45) is 0 Å². The lowest BCUT2D eigenvalue weighted by Crippen LogP contribution is -2.28. The van der Waals surface area contributed by atoms with Crippen LogP contribution >= 0.6 is 12.2 Å². The number of hydrogen-bond acceptors (Lipinski definition) is 4. The summed E-state index contributed by atoms with van der Waals surface area (Å²) in [6.45, 7) is 4.02. The number of aromatic nitrogens is 2. The number of benzene rings is 1. The molecule has 0 N–H and O–H groups in total. The fourth-order valence-electron chi connectivity index (χ4n) is 1.65. The number of rotatable bonds is 5. The summed E-state index contributed by atoms with van der Waals surface area (Å²) in [6.07, 6.45) is 4.42. The molecule has 5 nitrogen and oxygen atoms in total. The summed E-state index contributed by atoms with van der Waals surface area (Å²) in [5, 5.41) is 5.38. The molecule has 6 heteroatoms. The van der Waals surface area contributed by atoms with E-state index in [9.17, 15) is 4.79 Å². The van der Waals surface area contributed by atoms with Gasteiger partial charge < -0.3 is 4.84 Å². The Morgan fingerprint density at radius 1 is 1.43 bits per heavy atom. The van der Waals surface area contributed by atoms with Crippen LogP contribution in [0.5, 0.6) is 5.75 Å². The van der Waals surface area contributed by atoms with Crippen molar-refractivity contribution in [3.8, 4) is 5.75 Å². The molecular weight excluding hydrogens is 286 g/mol. The normalized spacial score (nSPS) is 10.0. The SMILES string of the molecule is CC(C)n1cc(ON(C=C=O)C(=S)c2ccccc2)cn1. The molecule has 1 heterocycles. The quantitative estimate of drug-likeness (QED) is 0.483. The highest BCUT2D eigenvalue weighted by Gasteiger charge is 2.13. The third-order valence-electron chi connectivity index (χ3n) is 2.70. The molecule has 0 saturated heterocycles. The fraction of sp³-hybridized carbons (Fsp3) is 0.200. The molecule has 21 heavy (non-hydrogen) atoms. The van der Waals surface area contributed by atoms with Crippen LogP contribution in [0, 0.1) is 0 Å². The van der Waals surface area contributed by atoms with Gasteiger partial charge in [-0.1, -0.05) is 42.5 Å². The van der Waals surface area contributed by atoms with E-state index < -0.39 is 0 Å². The Hall–Kier alpha value is -2.43. The molecule has 0 unspecified atom stereocenters. The molecule has 0 aliphatic carbocycles. The first-order chi connectivity index (χ1) is 10.1. The molecule has 2 aromatic rings. The fourth-order valence-corrected chi connectivity index (χ4v) is 1.87. The van der Waals surface area contributed by atoms with Crippen LogP contribution in [0.25, 0.3) is 0 Å². The van der Waals surface area contributed by atoms with Crippen LogP contribution in [0.2, 0.25) is 0 Å². The van der Waals surface area contributed by atoms with Crippen molar-refractivity contribution >= 4 is 23.1 Å². The summed E-state index contributed by atoms with van der Waals surface area (Å²) in [6, 6.07) is 9.52. The Kier molecular flexibility index (Phi) is 4.87. The number of carbonyl (C=O) groups excluding carboxylic acids is 1. The number of hydrogen-bond donors (Lipinski definition) is 0. The van der Waals surface area contributed by atoms with Gasteiger partial charge in [-0.3, -0.25) is 4.68 Å². The molecule has 2 rings (SSSR count). The minimum absolute atomic E-state index is 0.221. The molecule has 108 valence electrons. The molecule has 0 saturated carbocycles. The maximum atomic E-state index is 10.7. The predicted molar refractivity (Wildman–Crippen MR) is 83.5 cm³/mol. The van der Waals surface area contributed by atoms with Crippen molar-refractivity contribution in [1.29, 1.82) is 0 Å². The highest BCUT2D eigenvalue weighted by Crippen LogP contribution is 2.16. The van der Waals surface area contributed by atoms with E-state index in [-0.39, 0.29) is 6.04 Å². The first-order valence-electron chi connectivity index (χ1n) is 6.43. The van der Waals surface area contributed by atoms with Crippen molar-refractivity contribution in [2.75, 3.05) is 0 Å². The van der Waals surface area contributed by atoms with Gasteiger partial charge in [-0.25, -0.2) is 4.79 Å². The van der Waals surface area contributed by atoms with Gasteiger partial charge in [0.25, 0.3) is 0 Å². The van der Waals surface area contributed by atoms with Crippen LogP contribution in [-0.4, -0.2) is 25.8 Å². The number of thiocarbonyl (C=S) groups is 1. The summed E-state index contributed by atoms with van der Waals surface area (Å²) >= 11 is 5.33. The third kappa shape index (κ3) is 3.78. The first kappa shape index (κ1) is 15.0. The summed E-state index contributed by atoms with van der Waals surface area (Å²) in [4.78, 5) is 16.6. The maximum absolute atomic E-state index is 10.7. The van der Waals surface area contributed by atoms with Gasteiger partial charge in [-0.2, -0.15) is 10.2 Å². The van der Waals surface area contributed by atoms with Crippen LogP contribution in [0.4, 0.5) is 0 Å². The Labute approximate surface area is 128 Å². The summed E-state index contributed by atoms with van der Waals surface area (Å²) < 4.78 is 1.75. The van der Waals surface area contributed by atoms with Gasteiger partial charge in [0.2, 0.25) is 0 Å². The second-order valence-electron chi connectivity index (χ2n) is 4.59. The minimum atomic E-state index is 0.221. The smallest absolute Gasteiger partial charge is 0.193 e. The van der Waals surface area contributed by atoms with Gasteiger partial charge in [0.1, 0.15) is 12.1 Å². The van der Waals surface area contributed by atoms with E-state index in [2.05, 4.69) is 5.10 Å². The summed E-state index contributed by atoms with van der Waals surface area (Å²) in [5.74, 6) is 2.17. The van der Waals surface area contributed by atoms with Crippen molar-refractivity contribution in [1.82, 2.24) is 14.8 Å². The molecule has 0 fully saturated rings. The average molecular weight is 301 g/mol. The molecule has 0 spiro atoms. The molecule has 0 aliphatic heterocycles. The lowest BCUT2D eigenvalue weighted by atomic mass is 10.2. The monoisotopic (exact) mass is 301 g/mol. The van der Waals surface area contributed by atoms with Crippen molar-refractivity contribution in [2.45, 2.75) is 19.9 Å². The molecule has 0 amide bonds. The number of hydroxylamine groups is 2.